The Morgan fingerprint density at radius 3 is 2.54 bits per heavy atom. The highest BCUT2D eigenvalue weighted by atomic mass is 32.1. The minimum Gasteiger partial charge on any atom is -0.480 e. The average molecular weight is 408 g/mol. The summed E-state index contributed by atoms with van der Waals surface area (Å²) in [6.45, 7) is 1.69. The van der Waals surface area contributed by atoms with Crippen molar-refractivity contribution in [3.63, 3.8) is 0 Å². The zero-order chi connectivity index (χ0) is 20.5. The van der Waals surface area contributed by atoms with E-state index in [2.05, 4.69) is 4.99 Å². The molecule has 2 aromatic carbocycles. The van der Waals surface area contributed by atoms with Crippen molar-refractivity contribution in [2.75, 3.05) is 0 Å². The number of aliphatic carboxylic acids is 1. The standard InChI is InChI=1S/C19H15F3N2O3S/c1-2-13(17(26)27)24-14-8-3-4-9-15(14)28-18(24)23-16(25)11-6-5-7-12(10-11)19(20,21)22/h3-10,13H,2H2,1H3,(H,26,27). The third-order valence-electron chi connectivity index (χ3n) is 4.15. The summed E-state index contributed by atoms with van der Waals surface area (Å²) in [5.74, 6) is -1.95. The fourth-order valence-corrected chi connectivity index (χ4v) is 3.89. The Kier molecular flexibility index (Phi) is 5.37. The first-order valence-corrected chi connectivity index (χ1v) is 9.13. The number of nitrogens with zero attached hydrogens (tertiary/aromatic N) is 2. The molecule has 0 radical (unpaired) electrons. The van der Waals surface area contributed by atoms with Gasteiger partial charge in [0.1, 0.15) is 6.04 Å². The van der Waals surface area contributed by atoms with E-state index >= 15 is 0 Å². The van der Waals surface area contributed by atoms with Crippen LogP contribution in [0.1, 0.15) is 35.3 Å². The van der Waals surface area contributed by atoms with Crippen LogP contribution in [0.5, 0.6) is 0 Å². The van der Waals surface area contributed by atoms with Gasteiger partial charge >= 0.3 is 12.1 Å². The zero-order valence-electron chi connectivity index (χ0n) is 14.6. The number of rotatable bonds is 4. The number of fused-ring (bicyclic) bond motifs is 1. The Bertz CT molecular complexity index is 1120. The van der Waals surface area contributed by atoms with Gasteiger partial charge in [0.2, 0.25) is 0 Å². The summed E-state index contributed by atoms with van der Waals surface area (Å²) in [5, 5.41) is 9.54. The molecule has 1 heterocycles. The van der Waals surface area contributed by atoms with E-state index in [-0.39, 0.29) is 16.8 Å². The highest BCUT2D eigenvalue weighted by molar-refractivity contribution is 7.16. The van der Waals surface area contributed by atoms with Crippen molar-refractivity contribution in [3.8, 4) is 0 Å². The normalized spacial score (nSPS) is 13.6. The van der Waals surface area contributed by atoms with Crippen molar-refractivity contribution in [3.05, 3.63) is 64.5 Å². The predicted octanol–water partition coefficient (Wildman–Crippen LogP) is 4.50. The van der Waals surface area contributed by atoms with Gasteiger partial charge in [0, 0.05) is 5.56 Å². The van der Waals surface area contributed by atoms with E-state index in [0.717, 1.165) is 34.2 Å². The smallest absolute Gasteiger partial charge is 0.416 e. The summed E-state index contributed by atoms with van der Waals surface area (Å²) < 4.78 is 40.8. The summed E-state index contributed by atoms with van der Waals surface area (Å²) in [4.78, 5) is 28.3. The van der Waals surface area contributed by atoms with Gasteiger partial charge in [-0.3, -0.25) is 4.79 Å². The van der Waals surface area contributed by atoms with Crippen LogP contribution in [0.25, 0.3) is 10.2 Å². The molecule has 3 aromatic rings. The van der Waals surface area contributed by atoms with Crippen LogP contribution < -0.4 is 4.80 Å². The first-order valence-electron chi connectivity index (χ1n) is 8.31. The summed E-state index contributed by atoms with van der Waals surface area (Å²) in [5.41, 5.74) is -0.575. The Morgan fingerprint density at radius 1 is 1.18 bits per heavy atom. The maximum absolute atomic E-state index is 12.9. The lowest BCUT2D eigenvalue weighted by Crippen LogP contribution is -2.27. The number of aromatic nitrogens is 1. The molecule has 1 unspecified atom stereocenters. The molecule has 0 aliphatic rings. The van der Waals surface area contributed by atoms with Gasteiger partial charge < -0.3 is 9.67 Å². The highest BCUT2D eigenvalue weighted by Gasteiger charge is 2.31. The number of benzene rings is 2. The van der Waals surface area contributed by atoms with Crippen molar-refractivity contribution >= 4 is 33.4 Å². The number of carbonyl (C=O) groups excluding carboxylic acids is 1. The molecule has 0 fully saturated rings. The number of hydrogen-bond acceptors (Lipinski definition) is 3. The van der Waals surface area contributed by atoms with Crippen LogP contribution in [-0.2, 0) is 11.0 Å². The number of thiazole rings is 1. The third kappa shape index (κ3) is 3.84. The van der Waals surface area contributed by atoms with Crippen LogP contribution in [0.3, 0.4) is 0 Å². The minimum atomic E-state index is -4.58. The van der Waals surface area contributed by atoms with Crippen molar-refractivity contribution in [2.24, 2.45) is 4.99 Å². The minimum absolute atomic E-state index is 0.123. The molecular formula is C19H15F3N2O3S. The van der Waals surface area contributed by atoms with Gasteiger partial charge in [-0.1, -0.05) is 36.5 Å². The molecule has 0 aliphatic heterocycles. The Balaban J connectivity index is 2.17. The van der Waals surface area contributed by atoms with Gasteiger partial charge in [0.15, 0.2) is 4.80 Å². The SMILES string of the molecule is CCC(C(=O)O)n1c(=NC(=O)c2cccc(C(F)(F)F)c2)sc2ccccc21. The molecule has 0 saturated heterocycles. The molecule has 0 bridgehead atoms. The van der Waals surface area contributed by atoms with Crippen molar-refractivity contribution in [1.82, 2.24) is 4.57 Å². The zero-order valence-corrected chi connectivity index (χ0v) is 15.4. The van der Waals surface area contributed by atoms with Crippen LogP contribution in [0, 0.1) is 0 Å². The number of amides is 1. The van der Waals surface area contributed by atoms with Crippen molar-refractivity contribution in [1.29, 1.82) is 0 Å². The largest absolute Gasteiger partial charge is 0.480 e. The number of halogens is 3. The molecule has 5 nitrogen and oxygen atoms in total. The Hall–Kier alpha value is -2.94. The molecule has 0 spiro atoms. The van der Waals surface area contributed by atoms with Crippen molar-refractivity contribution in [2.45, 2.75) is 25.6 Å². The van der Waals surface area contributed by atoms with E-state index < -0.39 is 29.7 Å². The molecule has 1 N–H and O–H groups in total. The lowest BCUT2D eigenvalue weighted by atomic mass is 10.1. The molecule has 1 atom stereocenters. The molecule has 1 amide bonds. The molecular weight excluding hydrogens is 393 g/mol. The Morgan fingerprint density at radius 2 is 1.89 bits per heavy atom. The average Bonchev–Trinajstić information content (AvgIpc) is 2.99. The first kappa shape index (κ1) is 19.8. The number of alkyl halides is 3. The van der Waals surface area contributed by atoms with Crippen LogP contribution in [-0.4, -0.2) is 21.6 Å². The topological polar surface area (TPSA) is 71.7 Å². The van der Waals surface area contributed by atoms with Crippen LogP contribution in [0.2, 0.25) is 0 Å². The van der Waals surface area contributed by atoms with E-state index in [9.17, 15) is 27.9 Å². The molecule has 28 heavy (non-hydrogen) atoms. The molecule has 3 rings (SSSR count). The van der Waals surface area contributed by atoms with Gasteiger partial charge in [-0.15, -0.1) is 0 Å². The lowest BCUT2D eigenvalue weighted by Gasteiger charge is -2.13. The fourth-order valence-electron chi connectivity index (χ4n) is 2.82. The maximum Gasteiger partial charge on any atom is 0.416 e. The molecule has 0 aliphatic carbocycles. The Labute approximate surface area is 161 Å². The van der Waals surface area contributed by atoms with Crippen LogP contribution in [0.4, 0.5) is 13.2 Å². The number of carboxylic acids is 1. The maximum atomic E-state index is 12.9. The second-order valence-corrected chi connectivity index (χ2v) is 6.99. The van der Waals surface area contributed by atoms with Gasteiger partial charge in [-0.05, 0) is 36.8 Å². The van der Waals surface area contributed by atoms with E-state index in [0.29, 0.717) is 5.52 Å². The van der Waals surface area contributed by atoms with E-state index in [1.165, 1.54) is 10.6 Å². The van der Waals surface area contributed by atoms with Gasteiger partial charge in [-0.25, -0.2) is 4.79 Å². The lowest BCUT2D eigenvalue weighted by molar-refractivity contribution is -0.141. The summed E-state index contributed by atoms with van der Waals surface area (Å²) >= 11 is 1.11. The number of hydrogen-bond donors (Lipinski definition) is 1. The first-order chi connectivity index (χ1) is 13.2. The summed E-state index contributed by atoms with van der Waals surface area (Å²) in [7, 11) is 0. The van der Waals surface area contributed by atoms with E-state index in [1.807, 2.05) is 0 Å². The van der Waals surface area contributed by atoms with E-state index in [4.69, 9.17) is 0 Å². The number of carboxylic acid groups (broad SMARTS) is 1. The quantitative estimate of drug-likeness (QED) is 0.691. The van der Waals surface area contributed by atoms with Gasteiger partial charge in [-0.2, -0.15) is 18.2 Å². The molecule has 0 saturated carbocycles. The number of carbonyl (C=O) groups is 2. The number of para-hydroxylation sites is 1. The van der Waals surface area contributed by atoms with Crippen molar-refractivity contribution < 1.29 is 27.9 Å². The fraction of sp³-hybridized carbons (Fsp3) is 0.211. The molecule has 1 aromatic heterocycles. The second-order valence-electron chi connectivity index (χ2n) is 5.98. The summed E-state index contributed by atoms with van der Waals surface area (Å²) in [6.07, 6.45) is -4.33. The van der Waals surface area contributed by atoms with Crippen LogP contribution >= 0.6 is 11.3 Å². The predicted molar refractivity (Wildman–Crippen MR) is 98.1 cm³/mol. The van der Waals surface area contributed by atoms with Crippen LogP contribution in [0.15, 0.2) is 53.5 Å². The van der Waals surface area contributed by atoms with Gasteiger partial charge in [0.05, 0.1) is 15.8 Å². The van der Waals surface area contributed by atoms with E-state index in [1.54, 1.807) is 31.2 Å². The molecule has 146 valence electrons. The highest BCUT2D eigenvalue weighted by Crippen LogP contribution is 2.29. The summed E-state index contributed by atoms with van der Waals surface area (Å²) in [6, 6.07) is 10.0. The molecule has 9 heteroatoms. The monoisotopic (exact) mass is 408 g/mol. The third-order valence-corrected chi connectivity index (χ3v) is 5.19. The van der Waals surface area contributed by atoms with Gasteiger partial charge in [0.25, 0.3) is 5.91 Å². The second kappa shape index (κ2) is 7.59.